The second-order valence-corrected chi connectivity index (χ2v) is 12.6. The Morgan fingerprint density at radius 1 is 0.340 bits per heavy atom. The summed E-state index contributed by atoms with van der Waals surface area (Å²) >= 11 is 0. The van der Waals surface area contributed by atoms with Crippen LogP contribution in [0.4, 0.5) is 17.1 Å². The Kier molecular flexibility index (Phi) is 7.53. The maximum absolute atomic E-state index is 2.40. The van der Waals surface area contributed by atoms with Gasteiger partial charge in [-0.2, -0.15) is 0 Å². The molecule has 0 aliphatic heterocycles. The first kappa shape index (κ1) is 29.5. The van der Waals surface area contributed by atoms with Crippen LogP contribution in [0.2, 0.25) is 0 Å². The van der Waals surface area contributed by atoms with E-state index in [0.29, 0.717) is 0 Å². The van der Waals surface area contributed by atoms with Gasteiger partial charge in [0.25, 0.3) is 0 Å². The van der Waals surface area contributed by atoms with Gasteiger partial charge in [0.05, 0.1) is 16.7 Å². The van der Waals surface area contributed by atoms with E-state index >= 15 is 0 Å². The Balaban J connectivity index is 1.30. The van der Waals surface area contributed by atoms with E-state index in [-0.39, 0.29) is 0 Å². The van der Waals surface area contributed by atoms with Crippen LogP contribution >= 0.6 is 0 Å². The number of para-hydroxylation sites is 3. The third-order valence-corrected chi connectivity index (χ3v) is 9.59. The lowest BCUT2D eigenvalue weighted by Crippen LogP contribution is -2.11. The zero-order valence-electron chi connectivity index (χ0n) is 27.5. The third kappa shape index (κ3) is 5.24. The Morgan fingerprint density at radius 3 is 1.60 bits per heavy atom. The summed E-state index contributed by atoms with van der Waals surface area (Å²) in [6, 6.07) is 74.0. The van der Waals surface area contributed by atoms with Crippen molar-refractivity contribution >= 4 is 38.9 Å². The maximum atomic E-state index is 2.40. The van der Waals surface area contributed by atoms with Crippen LogP contribution in [0.15, 0.2) is 206 Å². The molecular weight excluding hydrogens is 605 g/mol. The molecule has 50 heavy (non-hydrogen) atoms. The summed E-state index contributed by atoms with van der Waals surface area (Å²) in [5, 5.41) is 2.45. The minimum absolute atomic E-state index is 1.11. The molecule has 2 heteroatoms. The number of fused-ring (bicyclic) bond motifs is 3. The molecular formula is C48H34N2. The van der Waals surface area contributed by atoms with Crippen molar-refractivity contribution in [3.05, 3.63) is 206 Å². The molecule has 9 rings (SSSR count). The average molecular weight is 639 g/mol. The van der Waals surface area contributed by atoms with Crippen LogP contribution in [0.1, 0.15) is 0 Å². The molecule has 1 heterocycles. The topological polar surface area (TPSA) is 8.17 Å². The number of rotatable bonds is 7. The van der Waals surface area contributed by atoms with E-state index in [2.05, 4.69) is 216 Å². The first-order chi connectivity index (χ1) is 24.8. The first-order valence-electron chi connectivity index (χ1n) is 17.1. The molecule has 0 spiro atoms. The van der Waals surface area contributed by atoms with Crippen molar-refractivity contribution in [2.24, 2.45) is 0 Å². The van der Waals surface area contributed by atoms with Gasteiger partial charge in [0.2, 0.25) is 0 Å². The molecule has 0 radical (unpaired) electrons. The van der Waals surface area contributed by atoms with Gasteiger partial charge in [0, 0.05) is 33.4 Å². The van der Waals surface area contributed by atoms with Crippen molar-refractivity contribution < 1.29 is 0 Å². The Hall–Kier alpha value is -6.64. The third-order valence-electron chi connectivity index (χ3n) is 9.59. The van der Waals surface area contributed by atoms with Gasteiger partial charge < -0.3 is 9.47 Å². The highest BCUT2D eigenvalue weighted by molar-refractivity contribution is 6.17. The molecule has 0 bridgehead atoms. The van der Waals surface area contributed by atoms with Gasteiger partial charge >= 0.3 is 0 Å². The fraction of sp³-hybridized carbons (Fsp3) is 0. The fourth-order valence-electron chi connectivity index (χ4n) is 7.30. The highest BCUT2D eigenvalue weighted by Gasteiger charge is 2.21. The number of anilines is 3. The number of hydrogen-bond acceptors (Lipinski definition) is 1. The van der Waals surface area contributed by atoms with E-state index in [1.54, 1.807) is 0 Å². The molecule has 0 amide bonds. The molecule has 0 saturated heterocycles. The maximum Gasteiger partial charge on any atom is 0.0547 e. The molecule has 0 aliphatic rings. The summed E-state index contributed by atoms with van der Waals surface area (Å²) in [5.74, 6) is 0. The number of benzene rings is 8. The Labute approximate surface area is 292 Å². The van der Waals surface area contributed by atoms with Crippen LogP contribution in [-0.2, 0) is 0 Å². The molecule has 0 fully saturated rings. The quantitative estimate of drug-likeness (QED) is 0.169. The number of nitrogens with zero attached hydrogens (tertiary/aromatic N) is 2. The predicted octanol–water partition coefficient (Wildman–Crippen LogP) is 13.3. The SMILES string of the molecule is c1ccc(-c2ccc(-c3cccc4c3c3cc(N(c5ccccc5)c5ccccc5-c5ccccc5)ccc3n4-c3ccccc3)cc2)cc1. The molecule has 1 aromatic heterocycles. The summed E-state index contributed by atoms with van der Waals surface area (Å²) in [6.07, 6.45) is 0. The van der Waals surface area contributed by atoms with Crippen molar-refractivity contribution in [3.63, 3.8) is 0 Å². The molecule has 0 saturated carbocycles. The fourth-order valence-corrected chi connectivity index (χ4v) is 7.30. The van der Waals surface area contributed by atoms with Gasteiger partial charge in [-0.3, -0.25) is 0 Å². The van der Waals surface area contributed by atoms with Gasteiger partial charge in [-0.1, -0.05) is 152 Å². The van der Waals surface area contributed by atoms with Crippen LogP contribution in [-0.4, -0.2) is 4.57 Å². The van der Waals surface area contributed by atoms with Gasteiger partial charge in [-0.05, 0) is 82.4 Å². The second kappa shape index (κ2) is 12.8. The summed E-state index contributed by atoms with van der Waals surface area (Å²) in [7, 11) is 0. The van der Waals surface area contributed by atoms with Gasteiger partial charge in [-0.25, -0.2) is 0 Å². The first-order valence-corrected chi connectivity index (χ1v) is 17.1. The van der Waals surface area contributed by atoms with Crippen LogP contribution in [0.3, 0.4) is 0 Å². The van der Waals surface area contributed by atoms with Gasteiger partial charge in [0.15, 0.2) is 0 Å². The average Bonchev–Trinajstić information content (AvgIpc) is 3.54. The van der Waals surface area contributed by atoms with Crippen molar-refractivity contribution in [2.75, 3.05) is 4.90 Å². The number of aromatic nitrogens is 1. The monoisotopic (exact) mass is 638 g/mol. The smallest absolute Gasteiger partial charge is 0.0547 e. The highest BCUT2D eigenvalue weighted by Crippen LogP contribution is 2.45. The minimum atomic E-state index is 1.11. The zero-order valence-corrected chi connectivity index (χ0v) is 27.5. The molecule has 0 atom stereocenters. The lowest BCUT2D eigenvalue weighted by molar-refractivity contribution is 1.18. The normalized spacial score (nSPS) is 11.2. The van der Waals surface area contributed by atoms with Crippen LogP contribution in [0.25, 0.3) is 60.9 Å². The van der Waals surface area contributed by atoms with Gasteiger partial charge in [0.1, 0.15) is 0 Å². The molecule has 0 aliphatic carbocycles. The lowest BCUT2D eigenvalue weighted by Gasteiger charge is -2.28. The van der Waals surface area contributed by atoms with E-state index in [1.165, 1.54) is 55.2 Å². The summed E-state index contributed by atoms with van der Waals surface area (Å²) < 4.78 is 2.40. The molecule has 9 aromatic rings. The molecule has 0 unspecified atom stereocenters. The van der Waals surface area contributed by atoms with Crippen molar-refractivity contribution in [3.8, 4) is 39.1 Å². The predicted molar refractivity (Wildman–Crippen MR) is 212 cm³/mol. The Morgan fingerprint density at radius 2 is 0.880 bits per heavy atom. The van der Waals surface area contributed by atoms with Crippen LogP contribution in [0.5, 0.6) is 0 Å². The van der Waals surface area contributed by atoms with Crippen molar-refractivity contribution in [1.29, 1.82) is 0 Å². The van der Waals surface area contributed by atoms with Crippen LogP contribution < -0.4 is 4.90 Å². The Bertz CT molecular complexity index is 2550. The van der Waals surface area contributed by atoms with E-state index in [9.17, 15) is 0 Å². The lowest BCUT2D eigenvalue weighted by atomic mass is 9.96. The van der Waals surface area contributed by atoms with E-state index in [1.807, 2.05) is 0 Å². The standard InChI is InChI=1S/C48H34N2/c1-5-16-35(17-6-1)36-28-30-38(31-29-36)43-25-15-27-47-48(43)44-34-41(32-33-46(44)50(47)40-22-11-4-12-23-40)49(39-20-9-3-10-21-39)45-26-14-13-24-42(45)37-18-7-2-8-19-37/h1-34H. The number of hydrogen-bond donors (Lipinski definition) is 0. The van der Waals surface area contributed by atoms with Crippen molar-refractivity contribution in [2.45, 2.75) is 0 Å². The highest BCUT2D eigenvalue weighted by atomic mass is 15.1. The van der Waals surface area contributed by atoms with Crippen LogP contribution in [0, 0.1) is 0 Å². The van der Waals surface area contributed by atoms with E-state index in [4.69, 9.17) is 0 Å². The second-order valence-electron chi connectivity index (χ2n) is 12.6. The summed E-state index contributed by atoms with van der Waals surface area (Å²) in [5.41, 5.74) is 14.1. The van der Waals surface area contributed by atoms with E-state index < -0.39 is 0 Å². The summed E-state index contributed by atoms with van der Waals surface area (Å²) in [4.78, 5) is 2.39. The largest absolute Gasteiger partial charge is 0.310 e. The molecule has 0 N–H and O–H groups in total. The molecule has 8 aromatic carbocycles. The molecule has 2 nitrogen and oxygen atoms in total. The minimum Gasteiger partial charge on any atom is -0.310 e. The molecule has 236 valence electrons. The van der Waals surface area contributed by atoms with Crippen molar-refractivity contribution in [1.82, 2.24) is 4.57 Å². The van der Waals surface area contributed by atoms with E-state index in [0.717, 1.165) is 22.7 Å². The zero-order chi connectivity index (χ0) is 33.3. The van der Waals surface area contributed by atoms with Gasteiger partial charge in [-0.15, -0.1) is 0 Å². The summed E-state index contributed by atoms with van der Waals surface area (Å²) in [6.45, 7) is 0.